The number of ketones is 2. The number of hydrogen-bond acceptors (Lipinski definition) is 3. The van der Waals surface area contributed by atoms with E-state index in [1.54, 1.807) is 6.92 Å². The summed E-state index contributed by atoms with van der Waals surface area (Å²) in [6, 6.07) is 9.30. The lowest BCUT2D eigenvalue weighted by molar-refractivity contribution is -0.144. The molecular weight excluding hydrogens is 268 g/mol. The molecule has 21 heavy (non-hydrogen) atoms. The Morgan fingerprint density at radius 2 is 1.76 bits per heavy atom. The maximum atomic E-state index is 12.1. The Hall–Kier alpha value is -1.97. The van der Waals surface area contributed by atoms with Crippen molar-refractivity contribution in [1.29, 1.82) is 0 Å². The van der Waals surface area contributed by atoms with Crippen molar-refractivity contribution in [3.8, 4) is 0 Å². The van der Waals surface area contributed by atoms with Gasteiger partial charge in [0.1, 0.15) is 11.6 Å². The molecule has 1 rings (SSSR count). The van der Waals surface area contributed by atoms with Gasteiger partial charge in [0.2, 0.25) is 0 Å². The van der Waals surface area contributed by atoms with Crippen molar-refractivity contribution in [2.45, 2.75) is 39.5 Å². The Labute approximate surface area is 125 Å². The van der Waals surface area contributed by atoms with E-state index in [0.29, 0.717) is 19.3 Å². The molecule has 4 nitrogen and oxygen atoms in total. The summed E-state index contributed by atoms with van der Waals surface area (Å²) in [7, 11) is 0. The highest BCUT2D eigenvalue weighted by molar-refractivity contribution is 5.86. The molecule has 4 heteroatoms. The highest BCUT2D eigenvalue weighted by Crippen LogP contribution is 2.18. The second-order valence-corrected chi connectivity index (χ2v) is 5.54. The van der Waals surface area contributed by atoms with Gasteiger partial charge >= 0.3 is 5.97 Å². The van der Waals surface area contributed by atoms with E-state index in [1.807, 2.05) is 30.3 Å². The van der Waals surface area contributed by atoms with Crippen molar-refractivity contribution in [3.63, 3.8) is 0 Å². The first-order valence-corrected chi connectivity index (χ1v) is 7.19. The van der Waals surface area contributed by atoms with Crippen LogP contribution in [0.4, 0.5) is 0 Å². The maximum Gasteiger partial charge on any atom is 0.307 e. The Bertz CT molecular complexity index is 493. The minimum atomic E-state index is -0.953. The summed E-state index contributed by atoms with van der Waals surface area (Å²) in [5.41, 5.74) is 0.911. The molecule has 1 aromatic rings. The zero-order valence-electron chi connectivity index (χ0n) is 12.5. The Morgan fingerprint density at radius 3 is 2.29 bits per heavy atom. The molecule has 1 N–H and O–H groups in total. The van der Waals surface area contributed by atoms with Gasteiger partial charge in [0, 0.05) is 18.8 Å². The van der Waals surface area contributed by atoms with Crippen LogP contribution in [0.1, 0.15) is 38.7 Å². The van der Waals surface area contributed by atoms with E-state index < -0.39 is 11.9 Å². The number of hydrogen-bond donors (Lipinski definition) is 1. The number of aliphatic carboxylic acids is 1. The fraction of sp³-hybridized carbons (Fsp3) is 0.471. The number of benzene rings is 1. The van der Waals surface area contributed by atoms with Crippen LogP contribution >= 0.6 is 0 Å². The average Bonchev–Trinajstić information content (AvgIpc) is 2.44. The Balaban J connectivity index is 2.60. The van der Waals surface area contributed by atoms with Crippen molar-refractivity contribution in [3.05, 3.63) is 35.9 Å². The molecule has 0 unspecified atom stereocenters. The van der Waals surface area contributed by atoms with Gasteiger partial charge < -0.3 is 9.90 Å². The van der Waals surface area contributed by atoms with Crippen LogP contribution in [0.25, 0.3) is 0 Å². The van der Waals surface area contributed by atoms with E-state index in [4.69, 9.17) is 0 Å². The predicted molar refractivity (Wildman–Crippen MR) is 80.0 cm³/mol. The number of rotatable bonds is 9. The van der Waals surface area contributed by atoms with Crippen molar-refractivity contribution >= 4 is 17.5 Å². The molecule has 0 radical (unpaired) electrons. The third kappa shape index (κ3) is 6.34. The van der Waals surface area contributed by atoms with Gasteiger partial charge in [0.05, 0.1) is 5.92 Å². The van der Waals surface area contributed by atoms with Crippen molar-refractivity contribution in [2.24, 2.45) is 11.8 Å². The topological polar surface area (TPSA) is 71.4 Å². The van der Waals surface area contributed by atoms with E-state index in [-0.39, 0.29) is 23.9 Å². The van der Waals surface area contributed by atoms with Gasteiger partial charge in [0.15, 0.2) is 0 Å². The summed E-state index contributed by atoms with van der Waals surface area (Å²) in [5, 5.41) is 9.28. The third-order valence-corrected chi connectivity index (χ3v) is 3.60. The van der Waals surface area contributed by atoms with Gasteiger partial charge in [-0.25, -0.2) is 0 Å². The lowest BCUT2D eigenvalue weighted by atomic mass is 9.88. The minimum absolute atomic E-state index is 0.0172. The van der Waals surface area contributed by atoms with Crippen LogP contribution in [0.2, 0.25) is 0 Å². The van der Waals surface area contributed by atoms with Gasteiger partial charge in [-0.05, 0) is 25.3 Å². The molecule has 0 aliphatic heterocycles. The molecule has 0 heterocycles. The van der Waals surface area contributed by atoms with Crippen molar-refractivity contribution in [2.75, 3.05) is 0 Å². The van der Waals surface area contributed by atoms with Crippen LogP contribution in [-0.2, 0) is 20.8 Å². The average molecular weight is 290 g/mol. The summed E-state index contributed by atoms with van der Waals surface area (Å²) in [5.74, 6) is -1.97. The molecule has 2 atom stereocenters. The van der Waals surface area contributed by atoms with Crippen LogP contribution < -0.4 is 0 Å². The summed E-state index contributed by atoms with van der Waals surface area (Å²) >= 11 is 0. The smallest absolute Gasteiger partial charge is 0.307 e. The largest absolute Gasteiger partial charge is 0.481 e. The second kappa shape index (κ2) is 8.35. The van der Waals surface area contributed by atoms with E-state index in [0.717, 1.165) is 5.56 Å². The van der Waals surface area contributed by atoms with Crippen LogP contribution in [-0.4, -0.2) is 22.6 Å². The molecule has 0 bridgehead atoms. The van der Waals surface area contributed by atoms with Crippen molar-refractivity contribution in [1.82, 2.24) is 0 Å². The molecule has 0 aliphatic rings. The molecule has 0 saturated carbocycles. The molecule has 0 aromatic heterocycles. The van der Waals surface area contributed by atoms with Crippen LogP contribution in [0.15, 0.2) is 30.3 Å². The molecule has 1 aromatic carbocycles. The summed E-state index contributed by atoms with van der Waals surface area (Å²) in [6.07, 6.45) is 1.22. The lowest BCUT2D eigenvalue weighted by Crippen LogP contribution is -2.23. The number of carboxylic acids is 1. The number of carboxylic acid groups (broad SMARTS) is 1. The molecular formula is C17H22O4. The quantitative estimate of drug-likeness (QED) is 0.759. The first-order chi connectivity index (χ1) is 9.90. The van der Waals surface area contributed by atoms with Crippen LogP contribution in [0.5, 0.6) is 0 Å². The standard InChI is InChI=1S/C17H22O4/c1-12(8-9-13(2)18)16(19)11-15(17(20)21)10-14-6-4-3-5-7-14/h3-7,12,15H,8-11H2,1-2H3,(H,20,21)/t12-,15+/m0/s1. The molecule has 0 spiro atoms. The monoisotopic (exact) mass is 290 g/mol. The zero-order valence-corrected chi connectivity index (χ0v) is 12.5. The zero-order chi connectivity index (χ0) is 15.8. The van der Waals surface area contributed by atoms with E-state index in [2.05, 4.69) is 0 Å². The Morgan fingerprint density at radius 1 is 1.14 bits per heavy atom. The van der Waals surface area contributed by atoms with Gasteiger partial charge in [-0.1, -0.05) is 37.3 Å². The minimum Gasteiger partial charge on any atom is -0.481 e. The summed E-state index contributed by atoms with van der Waals surface area (Å²) < 4.78 is 0. The van der Waals surface area contributed by atoms with Gasteiger partial charge in [-0.2, -0.15) is 0 Å². The van der Waals surface area contributed by atoms with Crippen molar-refractivity contribution < 1.29 is 19.5 Å². The fourth-order valence-electron chi connectivity index (χ4n) is 2.17. The second-order valence-electron chi connectivity index (χ2n) is 5.54. The normalized spacial score (nSPS) is 13.4. The highest BCUT2D eigenvalue weighted by atomic mass is 16.4. The molecule has 0 aliphatic carbocycles. The first kappa shape index (κ1) is 17.1. The molecule has 0 saturated heterocycles. The maximum absolute atomic E-state index is 12.1. The summed E-state index contributed by atoms with van der Waals surface area (Å²) in [6.45, 7) is 3.25. The molecule has 0 fully saturated rings. The highest BCUT2D eigenvalue weighted by Gasteiger charge is 2.24. The van der Waals surface area contributed by atoms with E-state index >= 15 is 0 Å². The van der Waals surface area contributed by atoms with E-state index in [1.165, 1.54) is 6.92 Å². The number of carbonyl (C=O) groups excluding carboxylic acids is 2. The first-order valence-electron chi connectivity index (χ1n) is 7.19. The van der Waals surface area contributed by atoms with E-state index in [9.17, 15) is 19.5 Å². The van der Waals surface area contributed by atoms with Gasteiger partial charge in [-0.15, -0.1) is 0 Å². The third-order valence-electron chi connectivity index (χ3n) is 3.60. The summed E-state index contributed by atoms with van der Waals surface area (Å²) in [4.78, 5) is 34.3. The molecule has 114 valence electrons. The van der Waals surface area contributed by atoms with Gasteiger partial charge in [-0.3, -0.25) is 9.59 Å². The number of carbonyl (C=O) groups is 3. The lowest BCUT2D eigenvalue weighted by Gasteiger charge is -2.15. The Kier molecular flexibility index (Phi) is 6.79. The number of Topliss-reactive ketones (excluding diaryl/α,β-unsaturated/α-hetero) is 2. The van der Waals surface area contributed by atoms with Gasteiger partial charge in [0.25, 0.3) is 0 Å². The van der Waals surface area contributed by atoms with Crippen LogP contribution in [0, 0.1) is 11.8 Å². The molecule has 0 amide bonds. The van der Waals surface area contributed by atoms with Crippen LogP contribution in [0.3, 0.4) is 0 Å². The predicted octanol–water partition coefficient (Wildman–Crippen LogP) is 2.89. The SMILES string of the molecule is CC(=O)CC[C@H](C)C(=O)C[C@@H](Cc1ccccc1)C(=O)O. The fourth-order valence-corrected chi connectivity index (χ4v) is 2.17.